The Kier molecular flexibility index (Phi) is 2.91. The van der Waals surface area contributed by atoms with Gasteiger partial charge < -0.3 is 0 Å². The van der Waals surface area contributed by atoms with Gasteiger partial charge in [0.2, 0.25) is 0 Å². The van der Waals surface area contributed by atoms with Crippen LogP contribution >= 0.6 is 0 Å². The summed E-state index contributed by atoms with van der Waals surface area (Å²) >= 11 is 0. The van der Waals surface area contributed by atoms with Gasteiger partial charge in [-0.25, -0.2) is 0 Å². The maximum Gasteiger partial charge on any atom is 0.159 e. The molecule has 0 atom stereocenters. The number of ketones is 1. The van der Waals surface area contributed by atoms with Gasteiger partial charge in [0.1, 0.15) is 7.85 Å². The summed E-state index contributed by atoms with van der Waals surface area (Å²) < 4.78 is 0. The molecule has 0 fully saturated rings. The lowest BCUT2D eigenvalue weighted by Gasteiger charge is -2.03. The van der Waals surface area contributed by atoms with Gasteiger partial charge in [0.25, 0.3) is 0 Å². The summed E-state index contributed by atoms with van der Waals surface area (Å²) in [5.74, 6) is 0.107. The molecule has 0 heterocycles. The third-order valence-electron chi connectivity index (χ3n) is 2.68. The molecule has 2 aromatic rings. The minimum absolute atomic E-state index is 0.107. The molecule has 78 valence electrons. The third kappa shape index (κ3) is 2.22. The van der Waals surface area contributed by atoms with E-state index in [0.29, 0.717) is 0 Å². The van der Waals surface area contributed by atoms with Crippen LogP contribution in [-0.4, -0.2) is 13.6 Å². The quantitative estimate of drug-likeness (QED) is 0.543. The van der Waals surface area contributed by atoms with Crippen molar-refractivity contribution in [3.05, 3.63) is 54.1 Å². The van der Waals surface area contributed by atoms with Gasteiger partial charge in [0, 0.05) is 5.56 Å². The van der Waals surface area contributed by atoms with Crippen LogP contribution < -0.4 is 5.46 Å². The summed E-state index contributed by atoms with van der Waals surface area (Å²) in [5.41, 5.74) is 4.34. The second-order valence-electron chi connectivity index (χ2n) is 4.00. The van der Waals surface area contributed by atoms with Crippen LogP contribution in [0, 0.1) is 0 Å². The molecule has 0 N–H and O–H groups in total. The Bertz CT molecular complexity index is 497. The van der Waals surface area contributed by atoms with Gasteiger partial charge >= 0.3 is 0 Å². The minimum Gasteiger partial charge on any atom is -0.295 e. The monoisotopic (exact) mass is 208 g/mol. The maximum absolute atomic E-state index is 11.1. The Morgan fingerprint density at radius 2 is 1.31 bits per heavy atom. The smallest absolute Gasteiger partial charge is 0.159 e. The van der Waals surface area contributed by atoms with E-state index in [4.69, 9.17) is 0 Å². The van der Waals surface area contributed by atoms with Crippen LogP contribution in [0.5, 0.6) is 0 Å². The molecule has 0 unspecified atom stereocenters. The van der Waals surface area contributed by atoms with Gasteiger partial charge in [-0.2, -0.15) is 0 Å². The van der Waals surface area contributed by atoms with Crippen molar-refractivity contribution in [3.8, 4) is 11.1 Å². The largest absolute Gasteiger partial charge is 0.295 e. The first-order chi connectivity index (χ1) is 7.66. The molecule has 0 aliphatic rings. The highest BCUT2D eigenvalue weighted by molar-refractivity contribution is 6.32. The van der Waals surface area contributed by atoms with E-state index in [1.807, 2.05) is 24.3 Å². The van der Waals surface area contributed by atoms with E-state index >= 15 is 0 Å². The first kappa shape index (κ1) is 10.7. The first-order valence-electron chi connectivity index (χ1n) is 5.35. The topological polar surface area (TPSA) is 17.1 Å². The lowest BCUT2D eigenvalue weighted by molar-refractivity contribution is 0.101. The molecule has 0 saturated heterocycles. The van der Waals surface area contributed by atoms with Gasteiger partial charge in [0.05, 0.1) is 0 Å². The van der Waals surface area contributed by atoms with Crippen molar-refractivity contribution in [2.45, 2.75) is 6.92 Å². The minimum atomic E-state index is 0.107. The number of Topliss-reactive ketones (excluding diaryl/α,β-unsaturated/α-hetero) is 1. The number of hydrogen-bond donors (Lipinski definition) is 0. The van der Waals surface area contributed by atoms with Crippen LogP contribution in [0.2, 0.25) is 0 Å². The second kappa shape index (κ2) is 4.36. The van der Waals surface area contributed by atoms with Gasteiger partial charge in [-0.05, 0) is 18.1 Å². The number of hydrogen-bond acceptors (Lipinski definition) is 1. The van der Waals surface area contributed by atoms with Crippen molar-refractivity contribution >= 4 is 19.1 Å². The lowest BCUT2D eigenvalue weighted by Crippen LogP contribution is -1.99. The van der Waals surface area contributed by atoms with E-state index < -0.39 is 0 Å². The summed E-state index contributed by atoms with van der Waals surface area (Å²) in [6.07, 6.45) is 0. The highest BCUT2D eigenvalue weighted by Crippen LogP contribution is 2.18. The standard InChI is InChI=1S/C14H13BO/c1-10(16)11-2-4-12(5-3-11)13-6-8-14(15)9-7-13/h2-9H,15H2,1H3. The summed E-state index contributed by atoms with van der Waals surface area (Å²) in [4.78, 5) is 11.1. The molecule has 2 aromatic carbocycles. The molecule has 2 heteroatoms. The highest BCUT2D eigenvalue weighted by Gasteiger charge is 2.00. The molecule has 0 saturated carbocycles. The van der Waals surface area contributed by atoms with Gasteiger partial charge in [0.15, 0.2) is 5.78 Å². The van der Waals surface area contributed by atoms with Gasteiger partial charge in [-0.1, -0.05) is 54.0 Å². The third-order valence-corrected chi connectivity index (χ3v) is 2.68. The molecule has 0 aliphatic heterocycles. The molecule has 16 heavy (non-hydrogen) atoms. The van der Waals surface area contributed by atoms with Crippen LogP contribution in [0.15, 0.2) is 48.5 Å². The van der Waals surface area contributed by atoms with Crippen molar-refractivity contribution in [1.29, 1.82) is 0 Å². The number of rotatable bonds is 2. The zero-order valence-corrected chi connectivity index (χ0v) is 9.53. The second-order valence-corrected chi connectivity index (χ2v) is 4.00. The molecule has 0 spiro atoms. The zero-order valence-electron chi connectivity index (χ0n) is 9.53. The Morgan fingerprint density at radius 3 is 1.75 bits per heavy atom. The number of benzene rings is 2. The number of carbonyl (C=O) groups is 1. The van der Waals surface area contributed by atoms with Crippen LogP contribution in [0.25, 0.3) is 11.1 Å². The lowest BCUT2D eigenvalue weighted by atomic mass is 9.93. The first-order valence-corrected chi connectivity index (χ1v) is 5.35. The van der Waals surface area contributed by atoms with E-state index in [0.717, 1.165) is 11.1 Å². The molecule has 0 radical (unpaired) electrons. The normalized spacial score (nSPS) is 10.1. The van der Waals surface area contributed by atoms with E-state index in [2.05, 4.69) is 32.1 Å². The fraction of sp³-hybridized carbons (Fsp3) is 0.0714. The molecular formula is C14H13BO. The van der Waals surface area contributed by atoms with Crippen LogP contribution in [0.4, 0.5) is 0 Å². The summed E-state index contributed by atoms with van der Waals surface area (Å²) in [7, 11) is 2.07. The molecule has 1 nitrogen and oxygen atoms in total. The van der Waals surface area contributed by atoms with E-state index in [-0.39, 0.29) is 5.78 Å². The van der Waals surface area contributed by atoms with E-state index in [1.165, 1.54) is 11.0 Å². The predicted molar refractivity (Wildman–Crippen MR) is 70.1 cm³/mol. The van der Waals surface area contributed by atoms with Gasteiger partial charge in [-0.3, -0.25) is 4.79 Å². The maximum atomic E-state index is 11.1. The molecule has 0 amide bonds. The average molecular weight is 208 g/mol. The van der Waals surface area contributed by atoms with Crippen LogP contribution in [0.3, 0.4) is 0 Å². The van der Waals surface area contributed by atoms with E-state index in [1.54, 1.807) is 6.92 Å². The fourth-order valence-corrected chi connectivity index (χ4v) is 1.64. The van der Waals surface area contributed by atoms with Crippen molar-refractivity contribution in [2.75, 3.05) is 0 Å². The molecule has 0 bridgehead atoms. The predicted octanol–water partition coefficient (Wildman–Crippen LogP) is 1.81. The van der Waals surface area contributed by atoms with Crippen molar-refractivity contribution in [1.82, 2.24) is 0 Å². The summed E-state index contributed by atoms with van der Waals surface area (Å²) in [6.45, 7) is 1.58. The summed E-state index contributed by atoms with van der Waals surface area (Å²) in [5, 5.41) is 0. The fourth-order valence-electron chi connectivity index (χ4n) is 1.64. The highest BCUT2D eigenvalue weighted by atomic mass is 16.1. The van der Waals surface area contributed by atoms with Crippen LogP contribution in [-0.2, 0) is 0 Å². The van der Waals surface area contributed by atoms with E-state index in [9.17, 15) is 4.79 Å². The molecular weight excluding hydrogens is 195 g/mol. The zero-order chi connectivity index (χ0) is 11.5. The van der Waals surface area contributed by atoms with Crippen molar-refractivity contribution in [2.24, 2.45) is 0 Å². The van der Waals surface area contributed by atoms with Crippen molar-refractivity contribution in [3.63, 3.8) is 0 Å². The Balaban J connectivity index is 2.34. The Labute approximate surface area is 96.5 Å². The summed E-state index contributed by atoms with van der Waals surface area (Å²) in [6, 6.07) is 16.1. The molecule has 0 aromatic heterocycles. The average Bonchev–Trinajstić information content (AvgIpc) is 2.30. The van der Waals surface area contributed by atoms with Crippen LogP contribution in [0.1, 0.15) is 17.3 Å². The Hall–Kier alpha value is -1.83. The Morgan fingerprint density at radius 1 is 0.875 bits per heavy atom. The molecule has 2 rings (SSSR count). The van der Waals surface area contributed by atoms with Gasteiger partial charge in [-0.15, -0.1) is 0 Å². The number of carbonyl (C=O) groups excluding carboxylic acids is 1. The molecule has 0 aliphatic carbocycles. The SMILES string of the molecule is Bc1ccc(-c2ccc(C(C)=O)cc2)cc1. The van der Waals surface area contributed by atoms with Crippen molar-refractivity contribution < 1.29 is 4.79 Å².